The molecule has 0 unspecified atom stereocenters. The predicted molar refractivity (Wildman–Crippen MR) is 81.4 cm³/mol. The molecule has 0 amide bonds. The smallest absolute Gasteiger partial charge is 0.192 e. The molecule has 0 aliphatic rings. The zero-order chi connectivity index (χ0) is 14.3. The third-order valence-electron chi connectivity index (χ3n) is 3.17. The summed E-state index contributed by atoms with van der Waals surface area (Å²) >= 11 is 3.64. The van der Waals surface area contributed by atoms with Crippen LogP contribution in [0.25, 0.3) is 22.4 Å². The van der Waals surface area contributed by atoms with Crippen LogP contribution in [0.15, 0.2) is 27.1 Å². The highest BCUT2D eigenvalue weighted by Crippen LogP contribution is 2.32. The molecule has 104 valence electrons. The summed E-state index contributed by atoms with van der Waals surface area (Å²) in [5.41, 5.74) is 4.76. The van der Waals surface area contributed by atoms with E-state index < -0.39 is 0 Å². The Hall–Kier alpha value is -1.66. The van der Waals surface area contributed by atoms with E-state index in [0.29, 0.717) is 5.89 Å². The number of nitrogens with zero attached hydrogens (tertiary/aromatic N) is 3. The van der Waals surface area contributed by atoms with Gasteiger partial charge in [0.2, 0.25) is 0 Å². The number of benzene rings is 1. The molecule has 2 aromatic heterocycles. The van der Waals surface area contributed by atoms with Gasteiger partial charge in [0.15, 0.2) is 11.5 Å². The van der Waals surface area contributed by atoms with Gasteiger partial charge in [-0.25, -0.2) is 4.98 Å². The van der Waals surface area contributed by atoms with Crippen molar-refractivity contribution in [2.45, 2.75) is 13.5 Å². The summed E-state index contributed by atoms with van der Waals surface area (Å²) in [6, 6.07) is 6.00. The summed E-state index contributed by atoms with van der Waals surface area (Å²) in [5, 5.41) is 7.64. The van der Waals surface area contributed by atoms with Gasteiger partial charge >= 0.3 is 0 Å². The second kappa shape index (κ2) is 5.03. The Balaban J connectivity index is 2.14. The Labute approximate surface area is 125 Å². The van der Waals surface area contributed by atoms with Crippen LogP contribution in [0.4, 0.5) is 0 Å². The van der Waals surface area contributed by atoms with Crippen LogP contribution in [0, 0.1) is 6.92 Å². The Morgan fingerprint density at radius 2 is 2.20 bits per heavy atom. The molecule has 0 aliphatic carbocycles. The molecule has 6 heteroatoms. The quantitative estimate of drug-likeness (QED) is 0.799. The molecule has 0 aliphatic heterocycles. The van der Waals surface area contributed by atoms with Gasteiger partial charge in [0, 0.05) is 26.1 Å². The molecule has 5 nitrogen and oxygen atoms in total. The van der Waals surface area contributed by atoms with Gasteiger partial charge in [0.1, 0.15) is 5.52 Å². The SMILES string of the molecule is CNCc1nn(C)c(-c2ccc3oc(C)nc3c2)c1Br. The van der Waals surface area contributed by atoms with E-state index in [-0.39, 0.29) is 0 Å². The monoisotopic (exact) mass is 334 g/mol. The minimum atomic E-state index is 0.678. The van der Waals surface area contributed by atoms with E-state index in [1.807, 2.05) is 43.9 Å². The third kappa shape index (κ3) is 2.14. The molecule has 0 fully saturated rings. The minimum Gasteiger partial charge on any atom is -0.441 e. The van der Waals surface area contributed by atoms with E-state index in [4.69, 9.17) is 4.42 Å². The predicted octanol–water partition coefficient (Wildman–Crippen LogP) is 3.02. The molecular weight excluding hydrogens is 320 g/mol. The lowest BCUT2D eigenvalue weighted by atomic mass is 10.1. The molecule has 20 heavy (non-hydrogen) atoms. The maximum absolute atomic E-state index is 5.51. The van der Waals surface area contributed by atoms with Crippen molar-refractivity contribution in [3.63, 3.8) is 0 Å². The van der Waals surface area contributed by atoms with Crippen LogP contribution in [0.3, 0.4) is 0 Å². The van der Waals surface area contributed by atoms with Crippen molar-refractivity contribution in [2.75, 3.05) is 7.05 Å². The number of rotatable bonds is 3. The topological polar surface area (TPSA) is 55.9 Å². The second-order valence-electron chi connectivity index (χ2n) is 4.68. The van der Waals surface area contributed by atoms with Crippen molar-refractivity contribution >= 4 is 27.0 Å². The first-order valence-electron chi connectivity index (χ1n) is 6.33. The Morgan fingerprint density at radius 1 is 1.40 bits per heavy atom. The number of nitrogens with one attached hydrogen (secondary N) is 1. The molecular formula is C14H15BrN4O. The molecule has 3 aromatic rings. The van der Waals surface area contributed by atoms with Gasteiger partial charge in [-0.15, -0.1) is 0 Å². The van der Waals surface area contributed by atoms with Crippen LogP contribution in [0.2, 0.25) is 0 Å². The van der Waals surface area contributed by atoms with Gasteiger partial charge in [-0.1, -0.05) is 0 Å². The zero-order valence-electron chi connectivity index (χ0n) is 11.6. The Morgan fingerprint density at radius 3 is 2.95 bits per heavy atom. The summed E-state index contributed by atoms with van der Waals surface area (Å²) in [4.78, 5) is 4.38. The van der Waals surface area contributed by atoms with E-state index >= 15 is 0 Å². The van der Waals surface area contributed by atoms with E-state index in [1.54, 1.807) is 0 Å². The molecule has 0 saturated heterocycles. The van der Waals surface area contributed by atoms with Crippen LogP contribution in [-0.4, -0.2) is 21.8 Å². The fourth-order valence-corrected chi connectivity index (χ4v) is 3.04. The van der Waals surface area contributed by atoms with Crippen LogP contribution >= 0.6 is 15.9 Å². The number of oxazole rings is 1. The number of hydrogen-bond acceptors (Lipinski definition) is 4. The number of halogens is 1. The van der Waals surface area contributed by atoms with Gasteiger partial charge in [0.05, 0.1) is 15.9 Å². The standard InChI is InChI=1S/C14H15BrN4O/c1-8-17-10-6-9(4-5-12(10)20-8)14-13(15)11(7-16-2)18-19(14)3/h4-6,16H,7H2,1-3H3. The van der Waals surface area contributed by atoms with Gasteiger partial charge in [-0.2, -0.15) is 5.10 Å². The van der Waals surface area contributed by atoms with Crippen LogP contribution in [-0.2, 0) is 13.6 Å². The van der Waals surface area contributed by atoms with E-state index in [0.717, 1.165) is 39.1 Å². The summed E-state index contributed by atoms with van der Waals surface area (Å²) in [7, 11) is 3.85. The van der Waals surface area contributed by atoms with Crippen molar-refractivity contribution in [1.82, 2.24) is 20.1 Å². The first kappa shape index (κ1) is 13.3. The van der Waals surface area contributed by atoms with Crippen molar-refractivity contribution in [3.05, 3.63) is 34.3 Å². The highest BCUT2D eigenvalue weighted by Gasteiger charge is 2.16. The summed E-state index contributed by atoms with van der Waals surface area (Å²) in [6.45, 7) is 2.57. The molecule has 0 spiro atoms. The van der Waals surface area contributed by atoms with E-state index in [2.05, 4.69) is 31.3 Å². The van der Waals surface area contributed by atoms with Crippen molar-refractivity contribution in [2.24, 2.45) is 7.05 Å². The van der Waals surface area contributed by atoms with Crippen molar-refractivity contribution in [1.29, 1.82) is 0 Å². The average molecular weight is 335 g/mol. The molecule has 1 N–H and O–H groups in total. The van der Waals surface area contributed by atoms with E-state index in [9.17, 15) is 0 Å². The second-order valence-corrected chi connectivity index (χ2v) is 5.47. The molecule has 3 rings (SSSR count). The van der Waals surface area contributed by atoms with Crippen molar-refractivity contribution < 1.29 is 4.42 Å². The highest BCUT2D eigenvalue weighted by atomic mass is 79.9. The molecule has 0 radical (unpaired) electrons. The lowest BCUT2D eigenvalue weighted by Gasteiger charge is -2.02. The largest absolute Gasteiger partial charge is 0.441 e. The van der Waals surface area contributed by atoms with E-state index in [1.165, 1.54) is 0 Å². The molecule has 0 bridgehead atoms. The maximum atomic E-state index is 5.51. The average Bonchev–Trinajstić information content (AvgIpc) is 2.89. The Kier molecular flexibility index (Phi) is 3.35. The zero-order valence-corrected chi connectivity index (χ0v) is 13.2. The van der Waals surface area contributed by atoms with Gasteiger partial charge < -0.3 is 9.73 Å². The van der Waals surface area contributed by atoms with Gasteiger partial charge in [0.25, 0.3) is 0 Å². The Bertz CT molecular complexity index is 775. The highest BCUT2D eigenvalue weighted by molar-refractivity contribution is 9.10. The molecule has 0 atom stereocenters. The van der Waals surface area contributed by atoms with Gasteiger partial charge in [-0.05, 0) is 41.2 Å². The first-order chi connectivity index (χ1) is 9.60. The number of fused-ring (bicyclic) bond motifs is 1. The number of hydrogen-bond donors (Lipinski definition) is 1. The van der Waals surface area contributed by atoms with Crippen LogP contribution in [0.1, 0.15) is 11.6 Å². The summed E-state index contributed by atoms with van der Waals surface area (Å²) in [5.74, 6) is 0.678. The maximum Gasteiger partial charge on any atom is 0.192 e. The lowest BCUT2D eigenvalue weighted by molar-refractivity contribution is 0.561. The molecule has 1 aromatic carbocycles. The normalized spacial score (nSPS) is 11.4. The van der Waals surface area contributed by atoms with Crippen LogP contribution < -0.4 is 5.32 Å². The summed E-state index contributed by atoms with van der Waals surface area (Å²) in [6.07, 6.45) is 0. The fraction of sp³-hybridized carbons (Fsp3) is 0.286. The fourth-order valence-electron chi connectivity index (χ4n) is 2.34. The minimum absolute atomic E-state index is 0.678. The molecule has 0 saturated carbocycles. The van der Waals surface area contributed by atoms with Crippen molar-refractivity contribution in [3.8, 4) is 11.3 Å². The summed E-state index contributed by atoms with van der Waals surface area (Å²) < 4.78 is 8.40. The number of aryl methyl sites for hydroxylation is 2. The lowest BCUT2D eigenvalue weighted by Crippen LogP contribution is -2.06. The third-order valence-corrected chi connectivity index (χ3v) is 4.00. The van der Waals surface area contributed by atoms with Crippen LogP contribution in [0.5, 0.6) is 0 Å². The van der Waals surface area contributed by atoms with Gasteiger partial charge in [-0.3, -0.25) is 4.68 Å². The molecule has 2 heterocycles. The number of aromatic nitrogens is 3. The first-order valence-corrected chi connectivity index (χ1v) is 7.13.